The SMILES string of the molecule is CCOc1cc(/C=C2\N=C(c3ccccc3)OC2=O)ccc1OC(C)=O. The molecule has 6 nitrogen and oxygen atoms in total. The summed E-state index contributed by atoms with van der Waals surface area (Å²) in [5, 5.41) is 0. The Morgan fingerprint density at radius 2 is 1.92 bits per heavy atom. The fourth-order valence-corrected chi connectivity index (χ4v) is 2.39. The van der Waals surface area contributed by atoms with Gasteiger partial charge in [-0.05, 0) is 42.8 Å². The lowest BCUT2D eigenvalue weighted by atomic mass is 10.1. The molecule has 0 radical (unpaired) electrons. The highest BCUT2D eigenvalue weighted by atomic mass is 16.6. The van der Waals surface area contributed by atoms with Crippen LogP contribution in [0.4, 0.5) is 0 Å². The zero-order chi connectivity index (χ0) is 18.5. The molecule has 132 valence electrons. The van der Waals surface area contributed by atoms with E-state index in [9.17, 15) is 9.59 Å². The van der Waals surface area contributed by atoms with Gasteiger partial charge >= 0.3 is 11.9 Å². The maximum absolute atomic E-state index is 12.1. The summed E-state index contributed by atoms with van der Waals surface area (Å²) in [6, 6.07) is 14.2. The number of aliphatic imine (C=N–C) groups is 1. The summed E-state index contributed by atoms with van der Waals surface area (Å²) >= 11 is 0. The predicted molar refractivity (Wildman–Crippen MR) is 96.0 cm³/mol. The largest absolute Gasteiger partial charge is 0.490 e. The highest BCUT2D eigenvalue weighted by Gasteiger charge is 2.24. The van der Waals surface area contributed by atoms with E-state index in [0.717, 1.165) is 5.56 Å². The second kappa shape index (κ2) is 7.65. The summed E-state index contributed by atoms with van der Waals surface area (Å²) in [5.41, 5.74) is 1.59. The van der Waals surface area contributed by atoms with E-state index in [1.54, 1.807) is 24.3 Å². The van der Waals surface area contributed by atoms with E-state index in [2.05, 4.69) is 4.99 Å². The summed E-state index contributed by atoms with van der Waals surface area (Å²) in [7, 11) is 0. The van der Waals surface area contributed by atoms with Crippen LogP contribution in [0.25, 0.3) is 6.08 Å². The smallest absolute Gasteiger partial charge is 0.363 e. The number of nitrogens with zero attached hydrogens (tertiary/aromatic N) is 1. The van der Waals surface area contributed by atoms with Gasteiger partial charge in [-0.25, -0.2) is 9.79 Å². The molecule has 1 heterocycles. The predicted octanol–water partition coefficient (Wildman–Crippen LogP) is 3.36. The Kier molecular flexibility index (Phi) is 5.12. The summed E-state index contributed by atoms with van der Waals surface area (Å²) in [4.78, 5) is 27.5. The van der Waals surface area contributed by atoms with Crippen molar-refractivity contribution in [3.63, 3.8) is 0 Å². The molecule has 0 aliphatic carbocycles. The van der Waals surface area contributed by atoms with E-state index < -0.39 is 11.9 Å². The molecule has 1 aliphatic heterocycles. The molecule has 6 heteroatoms. The van der Waals surface area contributed by atoms with Gasteiger partial charge in [0.15, 0.2) is 17.2 Å². The Hall–Kier alpha value is -3.41. The van der Waals surface area contributed by atoms with Gasteiger partial charge in [-0.3, -0.25) is 4.79 Å². The summed E-state index contributed by atoms with van der Waals surface area (Å²) in [5.74, 6) is 0.0440. The van der Waals surface area contributed by atoms with Crippen molar-refractivity contribution in [2.75, 3.05) is 6.61 Å². The minimum atomic E-state index is -0.522. The third-order valence-electron chi connectivity index (χ3n) is 3.47. The molecular weight excluding hydrogens is 334 g/mol. The number of hydrogen-bond donors (Lipinski definition) is 0. The fraction of sp³-hybridized carbons (Fsp3) is 0.150. The van der Waals surface area contributed by atoms with Gasteiger partial charge in [-0.15, -0.1) is 0 Å². The second-order valence-electron chi connectivity index (χ2n) is 5.43. The Morgan fingerprint density at radius 3 is 2.62 bits per heavy atom. The third-order valence-corrected chi connectivity index (χ3v) is 3.47. The van der Waals surface area contributed by atoms with Crippen LogP contribution in [0.5, 0.6) is 11.5 Å². The van der Waals surface area contributed by atoms with Crippen LogP contribution in [0.3, 0.4) is 0 Å². The number of carbonyl (C=O) groups is 2. The maximum atomic E-state index is 12.1. The number of benzene rings is 2. The number of rotatable bonds is 5. The first-order chi connectivity index (χ1) is 12.6. The molecule has 0 N–H and O–H groups in total. The van der Waals surface area contributed by atoms with Gasteiger partial charge in [-0.1, -0.05) is 24.3 Å². The van der Waals surface area contributed by atoms with Gasteiger partial charge in [0, 0.05) is 12.5 Å². The lowest BCUT2D eigenvalue weighted by molar-refractivity contribution is -0.132. The summed E-state index contributed by atoms with van der Waals surface area (Å²) < 4.78 is 15.8. The van der Waals surface area contributed by atoms with Crippen LogP contribution in [0.2, 0.25) is 0 Å². The van der Waals surface area contributed by atoms with Crippen LogP contribution in [-0.2, 0) is 14.3 Å². The molecule has 0 atom stereocenters. The van der Waals surface area contributed by atoms with Crippen LogP contribution in [-0.4, -0.2) is 24.4 Å². The van der Waals surface area contributed by atoms with Crippen molar-refractivity contribution >= 4 is 23.9 Å². The van der Waals surface area contributed by atoms with Crippen LogP contribution < -0.4 is 9.47 Å². The number of esters is 2. The summed E-state index contributed by atoms with van der Waals surface area (Å²) in [6.45, 7) is 3.56. The minimum Gasteiger partial charge on any atom is -0.490 e. The molecule has 1 aliphatic rings. The molecule has 3 rings (SSSR count). The zero-order valence-electron chi connectivity index (χ0n) is 14.4. The van der Waals surface area contributed by atoms with E-state index in [0.29, 0.717) is 23.7 Å². The Labute approximate surface area is 150 Å². The minimum absolute atomic E-state index is 0.187. The fourth-order valence-electron chi connectivity index (χ4n) is 2.39. The first kappa shape index (κ1) is 17.4. The van der Waals surface area contributed by atoms with Crippen molar-refractivity contribution in [1.29, 1.82) is 0 Å². The molecule has 26 heavy (non-hydrogen) atoms. The van der Waals surface area contributed by atoms with E-state index in [1.165, 1.54) is 6.92 Å². The highest BCUT2D eigenvalue weighted by molar-refractivity contribution is 6.12. The molecule has 0 saturated carbocycles. The van der Waals surface area contributed by atoms with Crippen molar-refractivity contribution in [2.45, 2.75) is 13.8 Å². The van der Waals surface area contributed by atoms with Gasteiger partial charge < -0.3 is 14.2 Å². The van der Waals surface area contributed by atoms with Crippen LogP contribution in [0.1, 0.15) is 25.0 Å². The van der Waals surface area contributed by atoms with Gasteiger partial charge in [-0.2, -0.15) is 0 Å². The molecular formula is C20H17NO5. The summed E-state index contributed by atoms with van der Waals surface area (Å²) in [6.07, 6.45) is 1.60. The highest BCUT2D eigenvalue weighted by Crippen LogP contribution is 2.30. The van der Waals surface area contributed by atoms with Gasteiger partial charge in [0.25, 0.3) is 0 Å². The monoisotopic (exact) mass is 351 g/mol. The first-order valence-corrected chi connectivity index (χ1v) is 8.10. The Morgan fingerprint density at radius 1 is 1.15 bits per heavy atom. The molecule has 0 bridgehead atoms. The molecule has 0 amide bonds. The third kappa shape index (κ3) is 3.97. The molecule has 0 fully saturated rings. The molecule has 0 unspecified atom stereocenters. The lowest BCUT2D eigenvalue weighted by Crippen LogP contribution is -2.05. The number of ether oxygens (including phenoxy) is 3. The van der Waals surface area contributed by atoms with Crippen molar-refractivity contribution in [3.05, 3.63) is 65.4 Å². The van der Waals surface area contributed by atoms with E-state index in [4.69, 9.17) is 14.2 Å². The molecule has 0 saturated heterocycles. The maximum Gasteiger partial charge on any atom is 0.363 e. The molecule has 2 aromatic rings. The van der Waals surface area contributed by atoms with Crippen LogP contribution >= 0.6 is 0 Å². The van der Waals surface area contributed by atoms with Gasteiger partial charge in [0.2, 0.25) is 5.90 Å². The number of hydrogen-bond acceptors (Lipinski definition) is 6. The number of cyclic esters (lactones) is 1. The lowest BCUT2D eigenvalue weighted by Gasteiger charge is -2.10. The quantitative estimate of drug-likeness (QED) is 0.469. The Bertz CT molecular complexity index is 900. The first-order valence-electron chi connectivity index (χ1n) is 8.10. The topological polar surface area (TPSA) is 74.2 Å². The van der Waals surface area contributed by atoms with E-state index >= 15 is 0 Å². The Balaban J connectivity index is 1.91. The van der Waals surface area contributed by atoms with Crippen LogP contribution in [0.15, 0.2) is 59.2 Å². The van der Waals surface area contributed by atoms with Gasteiger partial charge in [0.1, 0.15) is 0 Å². The average molecular weight is 351 g/mol. The van der Waals surface area contributed by atoms with Crippen molar-refractivity contribution < 1.29 is 23.8 Å². The normalized spacial score (nSPS) is 14.8. The standard InChI is InChI=1S/C20H17NO5/c1-3-24-18-12-14(9-10-17(18)25-13(2)22)11-16-20(23)26-19(21-16)15-7-5-4-6-8-15/h4-12H,3H2,1-2H3/b16-11-. The van der Waals surface area contributed by atoms with Crippen molar-refractivity contribution in [3.8, 4) is 11.5 Å². The van der Waals surface area contributed by atoms with Crippen molar-refractivity contribution in [2.24, 2.45) is 4.99 Å². The zero-order valence-corrected chi connectivity index (χ0v) is 14.4. The van der Waals surface area contributed by atoms with Gasteiger partial charge in [0.05, 0.1) is 6.61 Å². The number of carbonyl (C=O) groups excluding carboxylic acids is 2. The molecule has 0 spiro atoms. The molecule has 0 aromatic heterocycles. The average Bonchev–Trinajstić information content (AvgIpc) is 2.98. The van der Waals surface area contributed by atoms with E-state index in [-0.39, 0.29) is 11.6 Å². The van der Waals surface area contributed by atoms with E-state index in [1.807, 2.05) is 37.3 Å². The van der Waals surface area contributed by atoms with Crippen LogP contribution in [0, 0.1) is 0 Å². The second-order valence-corrected chi connectivity index (χ2v) is 5.43. The van der Waals surface area contributed by atoms with Crippen molar-refractivity contribution in [1.82, 2.24) is 0 Å². The molecule has 2 aromatic carbocycles.